The molecule has 13 nitrogen and oxygen atoms in total. The van der Waals surface area contributed by atoms with Gasteiger partial charge in [0.15, 0.2) is 5.82 Å². The average Bonchev–Trinajstić information content (AvgIpc) is 3.38. The number of cyclic esters (lactones) is 1. The molecule has 254 valence electrons. The van der Waals surface area contributed by atoms with Crippen LogP contribution in [0.5, 0.6) is 5.88 Å². The second-order valence-corrected chi connectivity index (χ2v) is 15.0. The number of aryl methyl sites for hydroxylation is 2. The number of aromatic nitrogens is 4. The van der Waals surface area contributed by atoms with Crippen LogP contribution >= 0.6 is 0 Å². The number of sulfonamides is 1. The SMILES string of the molecule is C=C1COC(=O)N1c1cncc(CN2C(=O)c3cccc(c3)S(=O)(=O)Nc3nc(cc(-c4c(C)cccc4C)n3)OC[C@H]2CC(C)(C)C)n1. The summed E-state index contributed by atoms with van der Waals surface area (Å²) in [5.74, 6) is -0.265. The maximum Gasteiger partial charge on any atom is 0.420 e. The molecule has 0 aliphatic carbocycles. The molecule has 2 amide bonds. The summed E-state index contributed by atoms with van der Waals surface area (Å²) in [5.41, 5.74) is 3.87. The van der Waals surface area contributed by atoms with E-state index in [0.717, 1.165) is 16.7 Å². The molecule has 1 fully saturated rings. The highest BCUT2D eigenvalue weighted by molar-refractivity contribution is 7.92. The zero-order valence-corrected chi connectivity index (χ0v) is 28.7. The van der Waals surface area contributed by atoms with E-state index in [2.05, 4.69) is 52.0 Å². The zero-order chi connectivity index (χ0) is 35.1. The van der Waals surface area contributed by atoms with Crippen LogP contribution < -0.4 is 14.4 Å². The monoisotopic (exact) mass is 683 g/mol. The van der Waals surface area contributed by atoms with E-state index in [1.54, 1.807) is 17.0 Å². The van der Waals surface area contributed by atoms with Crippen molar-refractivity contribution in [2.24, 2.45) is 5.41 Å². The lowest BCUT2D eigenvalue weighted by Crippen LogP contribution is -2.45. The number of hydrogen-bond acceptors (Lipinski definition) is 10. The van der Waals surface area contributed by atoms with Gasteiger partial charge in [0.05, 0.1) is 47.0 Å². The van der Waals surface area contributed by atoms with E-state index in [0.29, 0.717) is 23.5 Å². The summed E-state index contributed by atoms with van der Waals surface area (Å²) in [6.45, 7) is 14.0. The van der Waals surface area contributed by atoms with E-state index in [4.69, 9.17) is 9.47 Å². The van der Waals surface area contributed by atoms with Crippen molar-refractivity contribution in [3.63, 3.8) is 0 Å². The molecular formula is C35H37N7O6S. The van der Waals surface area contributed by atoms with Gasteiger partial charge in [-0.15, -0.1) is 0 Å². The third kappa shape index (κ3) is 7.23. The maximum atomic E-state index is 14.5. The molecule has 1 atom stereocenters. The Kier molecular flexibility index (Phi) is 8.84. The second-order valence-electron chi connectivity index (χ2n) is 13.3. The summed E-state index contributed by atoms with van der Waals surface area (Å²) in [4.78, 5) is 47.5. The largest absolute Gasteiger partial charge is 0.475 e. The summed E-state index contributed by atoms with van der Waals surface area (Å²) < 4.78 is 41.3. The maximum absolute atomic E-state index is 14.5. The van der Waals surface area contributed by atoms with Crippen LogP contribution in [-0.2, 0) is 21.3 Å². The van der Waals surface area contributed by atoms with Gasteiger partial charge in [0.25, 0.3) is 15.9 Å². The molecule has 1 N–H and O–H groups in total. The number of benzene rings is 2. The van der Waals surface area contributed by atoms with Crippen molar-refractivity contribution in [2.45, 2.75) is 58.5 Å². The molecule has 0 unspecified atom stereocenters. The van der Waals surface area contributed by atoms with E-state index >= 15 is 0 Å². The Labute approximate surface area is 285 Å². The van der Waals surface area contributed by atoms with Crippen molar-refractivity contribution in [3.8, 4) is 17.1 Å². The standard InChI is InChI=1S/C35H37N7O6S/c1-21-9-7-10-22(2)31(21)28-14-30-39-33(38-28)40-49(45,46)27-12-8-11-24(13-27)32(43)41(26(20-47-30)15-35(4,5)6)18-25-16-36-17-29(37-25)42-23(3)19-48-34(42)44/h7-14,16-17,26H,3,15,18-20H2,1-2,4-6H3,(H,38,39,40)/t26-/m1/s1. The lowest BCUT2D eigenvalue weighted by molar-refractivity contribution is 0.0509. The first kappa shape index (κ1) is 33.5. The summed E-state index contributed by atoms with van der Waals surface area (Å²) in [5, 5.41) is 0. The second kappa shape index (κ2) is 12.9. The summed E-state index contributed by atoms with van der Waals surface area (Å²) in [7, 11) is -4.23. The van der Waals surface area contributed by atoms with Gasteiger partial charge in [0.1, 0.15) is 13.2 Å². The van der Waals surface area contributed by atoms with E-state index in [1.807, 2.05) is 32.0 Å². The van der Waals surface area contributed by atoms with Crippen LogP contribution in [0.25, 0.3) is 11.3 Å². The predicted molar refractivity (Wildman–Crippen MR) is 182 cm³/mol. The van der Waals surface area contributed by atoms with Crippen molar-refractivity contribution >= 4 is 33.8 Å². The molecule has 4 heterocycles. The Balaban J connectivity index is 1.48. The van der Waals surface area contributed by atoms with Crippen LogP contribution in [-0.4, -0.2) is 64.5 Å². The Morgan fingerprint density at radius 2 is 1.71 bits per heavy atom. The molecule has 49 heavy (non-hydrogen) atoms. The van der Waals surface area contributed by atoms with Crippen LogP contribution in [0.1, 0.15) is 54.4 Å². The van der Waals surface area contributed by atoms with Gasteiger partial charge < -0.3 is 14.4 Å². The quantitative estimate of drug-likeness (QED) is 0.278. The number of nitrogens with zero attached hydrogens (tertiary/aromatic N) is 6. The van der Waals surface area contributed by atoms with Crippen molar-refractivity contribution in [1.29, 1.82) is 0 Å². The van der Waals surface area contributed by atoms with Crippen LogP contribution in [0, 0.1) is 19.3 Å². The number of rotatable bonds is 5. The molecule has 0 radical (unpaired) electrons. The first-order chi connectivity index (χ1) is 23.2. The first-order valence-corrected chi connectivity index (χ1v) is 17.1. The van der Waals surface area contributed by atoms with Crippen LogP contribution in [0.3, 0.4) is 0 Å². The van der Waals surface area contributed by atoms with E-state index in [-0.39, 0.29) is 53.3 Å². The van der Waals surface area contributed by atoms with Crippen molar-refractivity contribution in [2.75, 3.05) is 22.8 Å². The molecule has 14 heteroatoms. The fraction of sp³-hybridized carbons (Fsp3) is 0.314. The van der Waals surface area contributed by atoms with Crippen molar-refractivity contribution in [3.05, 3.63) is 95.6 Å². The highest BCUT2D eigenvalue weighted by Gasteiger charge is 2.33. The zero-order valence-electron chi connectivity index (χ0n) is 27.9. The molecule has 2 aromatic heterocycles. The number of fused-ring (bicyclic) bond motifs is 4. The van der Waals surface area contributed by atoms with Crippen LogP contribution in [0.4, 0.5) is 16.6 Å². The van der Waals surface area contributed by atoms with E-state index in [9.17, 15) is 18.0 Å². The number of amides is 2. The minimum absolute atomic E-state index is 0.0144. The van der Waals surface area contributed by atoms with Gasteiger partial charge in [-0.2, -0.15) is 4.98 Å². The molecule has 0 saturated carbocycles. The van der Waals surface area contributed by atoms with Crippen LogP contribution in [0.15, 0.2) is 78.1 Å². The van der Waals surface area contributed by atoms with Crippen molar-refractivity contribution < 1.29 is 27.5 Å². The highest BCUT2D eigenvalue weighted by atomic mass is 32.2. The smallest absolute Gasteiger partial charge is 0.420 e. The molecule has 6 rings (SSSR count). The van der Waals surface area contributed by atoms with E-state index in [1.165, 1.54) is 35.5 Å². The lowest BCUT2D eigenvalue weighted by Gasteiger charge is -2.35. The predicted octanol–water partition coefficient (Wildman–Crippen LogP) is 5.66. The molecule has 0 spiro atoms. The first-order valence-electron chi connectivity index (χ1n) is 15.7. The van der Waals surface area contributed by atoms with Gasteiger partial charge >= 0.3 is 6.09 Å². The third-order valence-electron chi connectivity index (χ3n) is 8.12. The fourth-order valence-electron chi connectivity index (χ4n) is 5.96. The fourth-order valence-corrected chi connectivity index (χ4v) is 6.95. The average molecular weight is 684 g/mol. The summed E-state index contributed by atoms with van der Waals surface area (Å²) >= 11 is 0. The summed E-state index contributed by atoms with van der Waals surface area (Å²) in [6.07, 6.45) is 2.81. The third-order valence-corrected chi connectivity index (χ3v) is 9.45. The number of hydrogen-bond donors (Lipinski definition) is 1. The van der Waals surface area contributed by atoms with Gasteiger partial charge in [0.2, 0.25) is 11.8 Å². The number of carbonyl (C=O) groups excluding carboxylic acids is 2. The Morgan fingerprint density at radius 1 is 0.980 bits per heavy atom. The lowest BCUT2D eigenvalue weighted by atomic mass is 9.87. The number of carbonyl (C=O) groups is 2. The number of nitrogens with one attached hydrogen (secondary N) is 1. The van der Waals surface area contributed by atoms with Gasteiger partial charge in [0, 0.05) is 17.2 Å². The highest BCUT2D eigenvalue weighted by Crippen LogP contribution is 2.32. The topological polar surface area (TPSA) is 157 Å². The normalized spacial score (nSPS) is 17.7. The minimum atomic E-state index is -4.23. The summed E-state index contributed by atoms with van der Waals surface area (Å²) in [6, 6.07) is 12.8. The molecule has 2 aromatic carbocycles. The van der Waals surface area contributed by atoms with Gasteiger partial charge in [-0.1, -0.05) is 51.6 Å². The van der Waals surface area contributed by atoms with Crippen molar-refractivity contribution in [1.82, 2.24) is 24.8 Å². The van der Waals surface area contributed by atoms with Gasteiger partial charge in [-0.25, -0.2) is 32.8 Å². The Hall–Kier alpha value is -5.37. The molecule has 4 bridgehead atoms. The molecule has 4 aromatic rings. The molecule has 2 aliphatic heterocycles. The molecule has 2 aliphatic rings. The number of anilines is 2. The number of ether oxygens (including phenoxy) is 2. The molecule has 1 saturated heterocycles. The van der Waals surface area contributed by atoms with Crippen LogP contribution in [0.2, 0.25) is 0 Å². The van der Waals surface area contributed by atoms with Gasteiger partial charge in [-0.05, 0) is 55.0 Å². The Morgan fingerprint density at radius 3 is 2.41 bits per heavy atom. The van der Waals surface area contributed by atoms with E-state index < -0.39 is 28.1 Å². The van der Waals surface area contributed by atoms with Gasteiger partial charge in [-0.3, -0.25) is 9.78 Å². The minimum Gasteiger partial charge on any atom is -0.475 e. The Bertz CT molecular complexity index is 2040. The molecular weight excluding hydrogens is 646 g/mol.